The fourth-order valence-electron chi connectivity index (χ4n) is 12.5. The number of hydrogen-bond acceptors (Lipinski definition) is 15. The van der Waals surface area contributed by atoms with Gasteiger partial charge in [0, 0.05) is 25.7 Å². The molecular formula is C81H158O17P2. The van der Waals surface area contributed by atoms with Crippen molar-refractivity contribution in [2.24, 2.45) is 17.8 Å². The first-order chi connectivity index (χ1) is 48.3. The largest absolute Gasteiger partial charge is 0.472 e. The van der Waals surface area contributed by atoms with Crippen LogP contribution in [0.25, 0.3) is 0 Å². The first-order valence-corrected chi connectivity index (χ1v) is 44.9. The summed E-state index contributed by atoms with van der Waals surface area (Å²) in [6.45, 7) is 12.0. The van der Waals surface area contributed by atoms with Gasteiger partial charge in [0.15, 0.2) is 12.2 Å². The number of esters is 4. The highest BCUT2D eigenvalue weighted by molar-refractivity contribution is 7.47. The van der Waals surface area contributed by atoms with Crippen molar-refractivity contribution in [2.45, 2.75) is 439 Å². The molecule has 0 aromatic heterocycles. The maximum absolute atomic E-state index is 13.1. The molecule has 100 heavy (non-hydrogen) atoms. The Kier molecular flexibility index (Phi) is 69.9. The number of aliphatic hydroxyl groups is 1. The van der Waals surface area contributed by atoms with E-state index in [0.29, 0.717) is 25.7 Å². The van der Waals surface area contributed by atoms with Gasteiger partial charge in [-0.1, -0.05) is 370 Å². The number of ether oxygens (including phenoxy) is 4. The van der Waals surface area contributed by atoms with E-state index < -0.39 is 97.5 Å². The van der Waals surface area contributed by atoms with E-state index in [9.17, 15) is 43.2 Å². The van der Waals surface area contributed by atoms with Crippen LogP contribution in [0.4, 0.5) is 0 Å². The van der Waals surface area contributed by atoms with Gasteiger partial charge < -0.3 is 33.8 Å². The molecule has 0 aromatic carbocycles. The summed E-state index contributed by atoms with van der Waals surface area (Å²) in [6.07, 6.45) is 59.7. The van der Waals surface area contributed by atoms with Crippen molar-refractivity contribution in [1.82, 2.24) is 0 Å². The molecular weight excluding hydrogens is 1310 g/mol. The van der Waals surface area contributed by atoms with Crippen LogP contribution in [-0.4, -0.2) is 96.7 Å². The number of rotatable bonds is 79. The molecule has 3 N–H and O–H groups in total. The lowest BCUT2D eigenvalue weighted by Gasteiger charge is -2.21. The molecule has 0 fully saturated rings. The number of carbonyl (C=O) groups excluding carboxylic acids is 4. The van der Waals surface area contributed by atoms with Gasteiger partial charge in [-0.05, 0) is 43.4 Å². The van der Waals surface area contributed by atoms with Gasteiger partial charge >= 0.3 is 39.5 Å². The molecule has 17 nitrogen and oxygen atoms in total. The zero-order valence-electron chi connectivity index (χ0n) is 65.7. The third-order valence-corrected chi connectivity index (χ3v) is 21.1. The molecule has 0 aliphatic rings. The van der Waals surface area contributed by atoms with Crippen molar-refractivity contribution in [3.63, 3.8) is 0 Å². The molecule has 0 spiro atoms. The van der Waals surface area contributed by atoms with E-state index in [1.165, 1.54) is 231 Å². The Bertz CT molecular complexity index is 1940. The molecule has 0 aliphatic heterocycles. The summed E-state index contributed by atoms with van der Waals surface area (Å²) in [5, 5.41) is 10.6. The summed E-state index contributed by atoms with van der Waals surface area (Å²) in [5.74, 6) is 0.275. The number of carbonyl (C=O) groups is 4. The van der Waals surface area contributed by atoms with Crippen LogP contribution in [-0.2, 0) is 65.4 Å². The Hall–Kier alpha value is -1.94. The maximum Gasteiger partial charge on any atom is 0.472 e. The predicted octanol–water partition coefficient (Wildman–Crippen LogP) is 24.1. The van der Waals surface area contributed by atoms with Gasteiger partial charge in [-0.2, -0.15) is 0 Å². The first kappa shape index (κ1) is 98.1. The standard InChI is InChI=1S/C81H158O17P2/c1-8-10-11-12-13-14-33-41-48-55-62-78(83)91-69-77(98-81(86)65-58-51-44-37-36-39-46-53-60-73(5)6)71-96-100(89,90)94-67-75(82)66-93-99(87,88)95-70-76(68-92-79(84)63-56-49-42-34-29-25-22-21-23-27-31-38-45-52-59-72(3)4)97-80(85)64-57-50-43-35-30-26-20-18-16-15-17-19-24-28-32-40-47-54-61-74(7)9-2/h72-77,82H,8-71H2,1-7H3,(H,87,88)(H,89,90)/t74?,75-,76-,77-/m1/s1. The smallest absolute Gasteiger partial charge is 0.462 e. The van der Waals surface area contributed by atoms with E-state index in [0.717, 1.165) is 108 Å². The van der Waals surface area contributed by atoms with Crippen LogP contribution < -0.4 is 0 Å². The molecule has 3 unspecified atom stereocenters. The van der Waals surface area contributed by atoms with Crippen LogP contribution in [0.2, 0.25) is 0 Å². The molecule has 0 amide bonds. The van der Waals surface area contributed by atoms with Crippen molar-refractivity contribution in [1.29, 1.82) is 0 Å². The summed E-state index contributed by atoms with van der Waals surface area (Å²) in [4.78, 5) is 72.9. The van der Waals surface area contributed by atoms with Crippen LogP contribution in [0.1, 0.15) is 421 Å². The minimum atomic E-state index is -4.96. The summed E-state index contributed by atoms with van der Waals surface area (Å²) in [7, 11) is -9.92. The highest BCUT2D eigenvalue weighted by Crippen LogP contribution is 2.45. The minimum absolute atomic E-state index is 0.105. The van der Waals surface area contributed by atoms with Gasteiger partial charge in [0.25, 0.3) is 0 Å². The van der Waals surface area contributed by atoms with Crippen LogP contribution in [0.5, 0.6) is 0 Å². The highest BCUT2D eigenvalue weighted by Gasteiger charge is 2.30. The fourth-order valence-corrected chi connectivity index (χ4v) is 14.0. The van der Waals surface area contributed by atoms with E-state index in [4.69, 9.17) is 37.0 Å². The Labute approximate surface area is 613 Å². The van der Waals surface area contributed by atoms with Crippen molar-refractivity contribution in [3.8, 4) is 0 Å². The molecule has 19 heteroatoms. The molecule has 0 saturated carbocycles. The van der Waals surface area contributed by atoms with Crippen LogP contribution in [0, 0.1) is 17.8 Å². The number of hydrogen-bond donors (Lipinski definition) is 3. The third-order valence-electron chi connectivity index (χ3n) is 19.2. The van der Waals surface area contributed by atoms with Gasteiger partial charge in [-0.25, -0.2) is 9.13 Å². The van der Waals surface area contributed by atoms with E-state index in [-0.39, 0.29) is 25.7 Å². The molecule has 0 aliphatic carbocycles. The fraction of sp³-hybridized carbons (Fsp3) is 0.951. The normalized spacial score (nSPS) is 14.2. The van der Waals surface area contributed by atoms with Gasteiger partial charge in [-0.3, -0.25) is 37.3 Å². The Balaban J connectivity index is 5.20. The second-order valence-electron chi connectivity index (χ2n) is 30.4. The maximum atomic E-state index is 13.1. The Morgan fingerprint density at radius 1 is 0.290 bits per heavy atom. The number of phosphoric acid groups is 2. The quantitative estimate of drug-likeness (QED) is 0.0222. The molecule has 0 radical (unpaired) electrons. The molecule has 594 valence electrons. The summed E-state index contributed by atoms with van der Waals surface area (Å²) in [5.41, 5.74) is 0. The van der Waals surface area contributed by atoms with Crippen molar-refractivity contribution >= 4 is 39.5 Å². The monoisotopic (exact) mass is 1470 g/mol. The van der Waals surface area contributed by atoms with Gasteiger partial charge in [0.2, 0.25) is 0 Å². The average Bonchev–Trinajstić information content (AvgIpc) is 0.921. The van der Waals surface area contributed by atoms with Gasteiger partial charge in [0.1, 0.15) is 19.3 Å². The zero-order chi connectivity index (χ0) is 73.7. The molecule has 0 bridgehead atoms. The van der Waals surface area contributed by atoms with Gasteiger partial charge in [0.05, 0.1) is 26.4 Å². The first-order valence-electron chi connectivity index (χ1n) is 41.9. The summed E-state index contributed by atoms with van der Waals surface area (Å²) in [6, 6.07) is 0. The lowest BCUT2D eigenvalue weighted by Crippen LogP contribution is -2.30. The molecule has 0 aromatic rings. The van der Waals surface area contributed by atoms with E-state index in [1.807, 2.05) is 0 Å². The lowest BCUT2D eigenvalue weighted by atomic mass is 9.99. The molecule has 0 saturated heterocycles. The minimum Gasteiger partial charge on any atom is -0.462 e. The molecule has 0 heterocycles. The highest BCUT2D eigenvalue weighted by atomic mass is 31.2. The van der Waals surface area contributed by atoms with E-state index >= 15 is 0 Å². The number of phosphoric ester groups is 2. The SMILES string of the molecule is CCCCCCCCCCCCC(=O)OC[C@H](COP(=O)(O)OC[C@H](O)COP(=O)(O)OC[C@@H](COC(=O)CCCCCCCCCCCCCCCCC(C)C)OC(=O)CCCCCCCCCCCCCCCCCCCCC(C)CC)OC(=O)CCCCCCCCCCC(C)C. The topological polar surface area (TPSA) is 237 Å². The Morgan fingerprint density at radius 2 is 0.510 bits per heavy atom. The summed E-state index contributed by atoms with van der Waals surface area (Å²) >= 11 is 0. The summed E-state index contributed by atoms with van der Waals surface area (Å²) < 4.78 is 68.6. The second kappa shape index (κ2) is 71.3. The van der Waals surface area contributed by atoms with Crippen LogP contribution in [0.3, 0.4) is 0 Å². The van der Waals surface area contributed by atoms with Crippen molar-refractivity contribution in [3.05, 3.63) is 0 Å². The van der Waals surface area contributed by atoms with Crippen molar-refractivity contribution < 1.29 is 80.2 Å². The van der Waals surface area contributed by atoms with Gasteiger partial charge in [-0.15, -0.1) is 0 Å². The number of unbranched alkanes of at least 4 members (excludes halogenated alkanes) is 46. The zero-order valence-corrected chi connectivity index (χ0v) is 67.5. The average molecular weight is 1470 g/mol. The number of aliphatic hydroxyl groups excluding tert-OH is 1. The van der Waals surface area contributed by atoms with Crippen molar-refractivity contribution in [2.75, 3.05) is 39.6 Å². The third kappa shape index (κ3) is 73.0. The second-order valence-corrected chi connectivity index (χ2v) is 33.3. The lowest BCUT2D eigenvalue weighted by molar-refractivity contribution is -0.161. The van der Waals surface area contributed by atoms with Crippen LogP contribution in [0.15, 0.2) is 0 Å². The Morgan fingerprint density at radius 3 is 0.760 bits per heavy atom. The van der Waals surface area contributed by atoms with E-state index in [2.05, 4.69) is 48.5 Å². The van der Waals surface area contributed by atoms with E-state index in [1.54, 1.807) is 0 Å². The molecule has 0 rings (SSSR count). The predicted molar refractivity (Wildman–Crippen MR) is 409 cm³/mol. The van der Waals surface area contributed by atoms with Crippen LogP contribution >= 0.6 is 15.6 Å². The molecule has 6 atom stereocenters.